The Morgan fingerprint density at radius 1 is 1.31 bits per heavy atom. The summed E-state index contributed by atoms with van der Waals surface area (Å²) >= 11 is 0. The lowest BCUT2D eigenvalue weighted by molar-refractivity contribution is -0.389. The number of amidine groups is 1. The van der Waals surface area contributed by atoms with Crippen LogP contribution < -0.4 is 11.1 Å². The van der Waals surface area contributed by atoms with Crippen LogP contribution in [0.2, 0.25) is 0 Å². The SMILES string of the molecule is Cl.N=C(N)CCNC(=O)c1ccc2[nH]c(-c3ccc([N+](=O)[O-])[nH]3)nc2c1. The molecule has 0 bridgehead atoms. The Balaban J connectivity index is 0.00000243. The summed E-state index contributed by atoms with van der Waals surface area (Å²) in [4.78, 5) is 32.4. The summed E-state index contributed by atoms with van der Waals surface area (Å²) in [7, 11) is 0. The summed E-state index contributed by atoms with van der Waals surface area (Å²) in [6.07, 6.45) is 0.284. The Bertz CT molecular complexity index is 979. The topological polar surface area (TPSA) is 167 Å². The van der Waals surface area contributed by atoms with Crippen LogP contribution in [0.5, 0.6) is 0 Å². The minimum Gasteiger partial charge on any atom is -0.388 e. The number of nitrogens with zero attached hydrogens (tertiary/aromatic N) is 2. The highest BCUT2D eigenvalue weighted by molar-refractivity contribution is 5.97. The zero-order chi connectivity index (χ0) is 18.0. The number of carbonyl (C=O) groups is 1. The van der Waals surface area contributed by atoms with Crippen molar-refractivity contribution in [3.8, 4) is 11.5 Å². The third kappa shape index (κ3) is 3.98. The molecule has 0 aliphatic heterocycles. The van der Waals surface area contributed by atoms with Crippen molar-refractivity contribution < 1.29 is 9.72 Å². The first-order valence-electron chi connectivity index (χ1n) is 7.38. The molecule has 0 fully saturated rings. The Morgan fingerprint density at radius 3 is 2.73 bits per heavy atom. The van der Waals surface area contributed by atoms with Gasteiger partial charge in [0.25, 0.3) is 5.91 Å². The number of aromatic amines is 2. The smallest absolute Gasteiger partial charge is 0.321 e. The van der Waals surface area contributed by atoms with Crippen LogP contribution in [-0.2, 0) is 0 Å². The van der Waals surface area contributed by atoms with E-state index in [0.29, 0.717) is 28.1 Å². The third-order valence-electron chi connectivity index (χ3n) is 3.55. The lowest BCUT2D eigenvalue weighted by Crippen LogP contribution is -2.27. The number of rotatable bonds is 6. The van der Waals surface area contributed by atoms with Gasteiger partial charge < -0.3 is 26.1 Å². The van der Waals surface area contributed by atoms with E-state index in [1.165, 1.54) is 6.07 Å². The molecule has 1 amide bonds. The fraction of sp³-hybridized carbons (Fsp3) is 0.133. The first-order valence-corrected chi connectivity index (χ1v) is 7.38. The van der Waals surface area contributed by atoms with Gasteiger partial charge in [-0.3, -0.25) is 10.2 Å². The Kier molecular flexibility index (Phi) is 5.58. The monoisotopic (exact) mass is 377 g/mol. The molecule has 3 rings (SSSR count). The molecule has 0 saturated carbocycles. The molecule has 2 aromatic heterocycles. The zero-order valence-electron chi connectivity index (χ0n) is 13.4. The van der Waals surface area contributed by atoms with Gasteiger partial charge in [0.2, 0.25) is 0 Å². The highest BCUT2D eigenvalue weighted by Crippen LogP contribution is 2.23. The van der Waals surface area contributed by atoms with Gasteiger partial charge in [0.1, 0.15) is 0 Å². The fourth-order valence-electron chi connectivity index (χ4n) is 2.32. The largest absolute Gasteiger partial charge is 0.388 e. The van der Waals surface area contributed by atoms with Crippen LogP contribution in [-0.4, -0.2) is 38.2 Å². The summed E-state index contributed by atoms with van der Waals surface area (Å²) in [5.74, 6) is 0.0363. The molecule has 0 atom stereocenters. The minimum absolute atomic E-state index is 0. The third-order valence-corrected chi connectivity index (χ3v) is 3.55. The van der Waals surface area contributed by atoms with E-state index < -0.39 is 4.92 Å². The Labute approximate surface area is 153 Å². The summed E-state index contributed by atoms with van der Waals surface area (Å²) in [5, 5.41) is 20.5. The van der Waals surface area contributed by atoms with Gasteiger partial charge in [-0.1, -0.05) is 0 Å². The van der Waals surface area contributed by atoms with E-state index in [9.17, 15) is 14.9 Å². The number of nitrogens with two attached hydrogens (primary N) is 1. The number of amides is 1. The summed E-state index contributed by atoms with van der Waals surface area (Å²) in [5.41, 5.74) is 7.41. The van der Waals surface area contributed by atoms with E-state index in [1.807, 2.05) is 0 Å². The van der Waals surface area contributed by atoms with Crippen LogP contribution in [0.1, 0.15) is 16.8 Å². The average Bonchev–Trinajstić information content (AvgIpc) is 3.20. The molecule has 26 heavy (non-hydrogen) atoms. The molecular formula is C15H16ClN7O3. The molecule has 2 heterocycles. The molecule has 0 radical (unpaired) electrons. The first kappa shape index (κ1) is 18.9. The summed E-state index contributed by atoms with van der Waals surface area (Å²) < 4.78 is 0. The Hall–Kier alpha value is -3.40. The fourth-order valence-corrected chi connectivity index (χ4v) is 2.32. The number of imidazole rings is 1. The number of hydrogen-bond acceptors (Lipinski definition) is 5. The van der Waals surface area contributed by atoms with Gasteiger partial charge >= 0.3 is 5.82 Å². The van der Waals surface area contributed by atoms with Crippen LogP contribution in [0.4, 0.5) is 5.82 Å². The minimum atomic E-state index is -0.518. The molecule has 6 N–H and O–H groups in total. The van der Waals surface area contributed by atoms with Gasteiger partial charge in [0.15, 0.2) is 11.5 Å². The number of halogens is 1. The van der Waals surface area contributed by atoms with E-state index >= 15 is 0 Å². The van der Waals surface area contributed by atoms with Crippen LogP contribution in [0.3, 0.4) is 0 Å². The predicted molar refractivity (Wildman–Crippen MR) is 98.6 cm³/mol. The van der Waals surface area contributed by atoms with Crippen molar-refractivity contribution >= 4 is 41.0 Å². The van der Waals surface area contributed by atoms with E-state index in [0.717, 1.165) is 0 Å². The van der Waals surface area contributed by atoms with Gasteiger partial charge in [-0.15, -0.1) is 12.4 Å². The molecule has 10 nitrogen and oxygen atoms in total. The van der Waals surface area contributed by atoms with Crippen molar-refractivity contribution in [1.29, 1.82) is 5.41 Å². The van der Waals surface area contributed by atoms with E-state index in [1.54, 1.807) is 24.3 Å². The lowest BCUT2D eigenvalue weighted by atomic mass is 10.2. The standard InChI is InChI=1S/C15H15N7O3.ClH/c16-12(17)5-6-18-15(23)8-1-2-9-11(7-8)21-14(20-9)10-3-4-13(19-10)22(24)25;/h1-4,7,19H,5-6H2,(H3,16,17)(H,18,23)(H,20,21);1H. The molecular weight excluding hydrogens is 362 g/mol. The zero-order valence-corrected chi connectivity index (χ0v) is 14.2. The molecule has 0 aliphatic rings. The average molecular weight is 378 g/mol. The van der Waals surface area contributed by atoms with Crippen molar-refractivity contribution in [2.75, 3.05) is 6.54 Å². The second-order valence-electron chi connectivity index (χ2n) is 5.36. The number of H-pyrrole nitrogens is 2. The predicted octanol–water partition coefficient (Wildman–Crippen LogP) is 1.94. The van der Waals surface area contributed by atoms with Crippen LogP contribution in [0.25, 0.3) is 22.6 Å². The van der Waals surface area contributed by atoms with Crippen molar-refractivity contribution in [3.63, 3.8) is 0 Å². The van der Waals surface area contributed by atoms with E-state index in [-0.39, 0.29) is 42.9 Å². The van der Waals surface area contributed by atoms with Gasteiger partial charge in [-0.25, -0.2) is 9.97 Å². The number of nitro groups is 1. The number of carbonyl (C=O) groups excluding carboxylic acids is 1. The molecule has 11 heteroatoms. The second kappa shape index (κ2) is 7.66. The number of fused-ring (bicyclic) bond motifs is 1. The Morgan fingerprint density at radius 2 is 2.08 bits per heavy atom. The molecule has 0 aliphatic carbocycles. The summed E-state index contributed by atoms with van der Waals surface area (Å²) in [6.45, 7) is 0.282. The number of aromatic nitrogens is 3. The quantitative estimate of drug-likeness (QED) is 0.191. The number of hydrogen-bond donors (Lipinski definition) is 5. The van der Waals surface area contributed by atoms with E-state index in [2.05, 4.69) is 20.3 Å². The van der Waals surface area contributed by atoms with Gasteiger partial charge in [0, 0.05) is 24.6 Å². The number of nitrogens with one attached hydrogen (secondary N) is 4. The van der Waals surface area contributed by atoms with Crippen molar-refractivity contribution in [1.82, 2.24) is 20.3 Å². The molecule has 0 unspecified atom stereocenters. The van der Waals surface area contributed by atoms with Crippen LogP contribution in [0, 0.1) is 15.5 Å². The van der Waals surface area contributed by atoms with Crippen molar-refractivity contribution in [2.45, 2.75) is 6.42 Å². The molecule has 136 valence electrons. The molecule has 0 spiro atoms. The van der Waals surface area contributed by atoms with Crippen LogP contribution in [0.15, 0.2) is 30.3 Å². The maximum absolute atomic E-state index is 12.1. The maximum atomic E-state index is 12.1. The molecule has 1 aromatic carbocycles. The van der Waals surface area contributed by atoms with Crippen molar-refractivity contribution in [2.24, 2.45) is 5.73 Å². The van der Waals surface area contributed by atoms with Crippen molar-refractivity contribution in [3.05, 3.63) is 46.0 Å². The molecule has 3 aromatic rings. The lowest BCUT2D eigenvalue weighted by Gasteiger charge is -2.04. The first-order chi connectivity index (χ1) is 11.9. The maximum Gasteiger partial charge on any atom is 0.321 e. The number of benzene rings is 1. The van der Waals surface area contributed by atoms with E-state index in [4.69, 9.17) is 11.1 Å². The van der Waals surface area contributed by atoms with Gasteiger partial charge in [-0.2, -0.15) is 0 Å². The second-order valence-corrected chi connectivity index (χ2v) is 5.36. The highest BCUT2D eigenvalue weighted by Gasteiger charge is 2.15. The van der Waals surface area contributed by atoms with Gasteiger partial charge in [-0.05, 0) is 29.2 Å². The highest BCUT2D eigenvalue weighted by atomic mass is 35.5. The van der Waals surface area contributed by atoms with Crippen LogP contribution >= 0.6 is 12.4 Å². The molecule has 0 saturated heterocycles. The summed E-state index contributed by atoms with van der Waals surface area (Å²) in [6, 6.07) is 7.89. The normalized spacial score (nSPS) is 10.3. The van der Waals surface area contributed by atoms with Gasteiger partial charge in [0.05, 0.1) is 16.9 Å².